The monoisotopic (exact) mass is 409 g/mol. The Morgan fingerprint density at radius 1 is 0.935 bits per heavy atom. The Balaban J connectivity index is 1.50. The lowest BCUT2D eigenvalue weighted by Crippen LogP contribution is -2.28. The Morgan fingerprint density at radius 2 is 1.58 bits per heavy atom. The fourth-order valence-electron chi connectivity index (χ4n) is 3.19. The van der Waals surface area contributed by atoms with Gasteiger partial charge < -0.3 is 10.1 Å². The molecule has 0 atom stereocenters. The minimum atomic E-state index is -0.258. The van der Waals surface area contributed by atoms with E-state index in [1.165, 1.54) is 4.68 Å². The van der Waals surface area contributed by atoms with Crippen LogP contribution in [0.15, 0.2) is 83.7 Å². The second-order valence-corrected chi connectivity index (χ2v) is 6.78. The summed E-state index contributed by atoms with van der Waals surface area (Å²) in [6, 6.07) is 23.4. The van der Waals surface area contributed by atoms with Crippen molar-refractivity contribution in [2.24, 2.45) is 0 Å². The lowest BCUT2D eigenvalue weighted by Gasteiger charge is -2.11. The first-order valence-corrected chi connectivity index (χ1v) is 9.69. The van der Waals surface area contributed by atoms with Crippen LogP contribution >= 0.6 is 0 Å². The number of hydrogen-bond acceptors (Lipinski definition) is 4. The zero-order valence-electron chi connectivity index (χ0n) is 16.6. The number of rotatable bonds is 6. The summed E-state index contributed by atoms with van der Waals surface area (Å²) in [5.74, 6) is 3.53. The second-order valence-electron chi connectivity index (χ2n) is 6.78. The van der Waals surface area contributed by atoms with Gasteiger partial charge in [0, 0.05) is 10.9 Å². The number of aromatic nitrogens is 2. The Morgan fingerprint density at radius 3 is 2.29 bits per heavy atom. The summed E-state index contributed by atoms with van der Waals surface area (Å²) < 4.78 is 6.98. The molecule has 4 aromatic rings. The van der Waals surface area contributed by atoms with E-state index in [4.69, 9.17) is 11.2 Å². The molecule has 6 heteroatoms. The number of terminal acetylenes is 1. The number of nitrogens with zero attached hydrogens (tertiary/aromatic N) is 2. The van der Waals surface area contributed by atoms with E-state index in [1.807, 2.05) is 36.4 Å². The smallest absolute Gasteiger partial charge is 0.275 e. The van der Waals surface area contributed by atoms with Gasteiger partial charge in [-0.25, -0.2) is 4.68 Å². The maximum Gasteiger partial charge on any atom is 0.275 e. The number of carbonyl (C=O) groups excluding carboxylic acids is 1. The molecule has 0 saturated carbocycles. The predicted octanol–water partition coefficient (Wildman–Crippen LogP) is 3.75. The molecule has 152 valence electrons. The van der Waals surface area contributed by atoms with Crippen LogP contribution in [0.4, 0.5) is 0 Å². The normalized spacial score (nSPS) is 10.4. The van der Waals surface area contributed by atoms with Gasteiger partial charge in [0.05, 0.1) is 17.6 Å². The maximum atomic E-state index is 12.6. The molecule has 0 radical (unpaired) electrons. The number of ether oxygens (including phenoxy) is 1. The first kappa shape index (κ1) is 19.9. The highest BCUT2D eigenvalue weighted by molar-refractivity contribution is 5.94. The molecule has 0 fully saturated rings. The number of carbonyl (C=O) groups is 1. The molecule has 0 bridgehead atoms. The maximum absolute atomic E-state index is 12.6. The largest absolute Gasteiger partial charge is 0.457 e. The molecule has 1 amide bonds. The molecule has 0 aliphatic rings. The third-order valence-electron chi connectivity index (χ3n) is 4.70. The molecule has 4 rings (SSSR count). The van der Waals surface area contributed by atoms with Gasteiger partial charge in [0.15, 0.2) is 0 Å². The van der Waals surface area contributed by atoms with Crippen LogP contribution in [0, 0.1) is 12.3 Å². The summed E-state index contributed by atoms with van der Waals surface area (Å²) in [7, 11) is 0. The van der Waals surface area contributed by atoms with Gasteiger partial charge in [0.25, 0.3) is 11.5 Å². The van der Waals surface area contributed by atoms with Crippen molar-refractivity contribution in [3.63, 3.8) is 0 Å². The van der Waals surface area contributed by atoms with Gasteiger partial charge in [0.1, 0.15) is 18.0 Å². The Labute approximate surface area is 179 Å². The number of benzene rings is 3. The van der Waals surface area contributed by atoms with Crippen molar-refractivity contribution in [1.29, 1.82) is 0 Å². The minimum absolute atomic E-state index is 0.0630. The lowest BCUT2D eigenvalue weighted by atomic mass is 10.1. The summed E-state index contributed by atoms with van der Waals surface area (Å²) in [6.45, 7) is 0.222. The van der Waals surface area contributed by atoms with E-state index in [0.29, 0.717) is 27.8 Å². The number of amides is 1. The Bertz CT molecular complexity index is 1320. The van der Waals surface area contributed by atoms with Crippen LogP contribution in [0.2, 0.25) is 0 Å². The van der Waals surface area contributed by atoms with E-state index < -0.39 is 0 Å². The SMILES string of the molecule is C#CCn1nc(CNC(=O)c2ccc(Oc3ccccc3)cc2)c2ccccc2c1=O. The first-order valence-electron chi connectivity index (χ1n) is 9.69. The molecule has 0 spiro atoms. The molecular weight excluding hydrogens is 390 g/mol. The van der Waals surface area contributed by atoms with Crippen molar-refractivity contribution >= 4 is 16.7 Å². The molecule has 1 heterocycles. The van der Waals surface area contributed by atoms with Gasteiger partial charge >= 0.3 is 0 Å². The van der Waals surface area contributed by atoms with E-state index in [-0.39, 0.29) is 24.6 Å². The Kier molecular flexibility index (Phi) is 5.77. The summed E-state index contributed by atoms with van der Waals surface area (Å²) in [5, 5.41) is 8.40. The van der Waals surface area contributed by atoms with Gasteiger partial charge in [0.2, 0.25) is 0 Å². The number of fused-ring (bicyclic) bond motifs is 1. The summed E-state index contributed by atoms with van der Waals surface area (Å²) >= 11 is 0. The van der Waals surface area contributed by atoms with Crippen molar-refractivity contribution < 1.29 is 9.53 Å². The van der Waals surface area contributed by atoms with Crippen LogP contribution < -0.4 is 15.6 Å². The van der Waals surface area contributed by atoms with Crippen molar-refractivity contribution in [1.82, 2.24) is 15.1 Å². The molecule has 0 aliphatic heterocycles. The van der Waals surface area contributed by atoms with Gasteiger partial charge in [-0.2, -0.15) is 5.10 Å². The molecule has 31 heavy (non-hydrogen) atoms. The molecule has 0 saturated heterocycles. The highest BCUT2D eigenvalue weighted by Crippen LogP contribution is 2.21. The van der Waals surface area contributed by atoms with E-state index in [9.17, 15) is 9.59 Å². The number of hydrogen-bond donors (Lipinski definition) is 1. The molecule has 6 nitrogen and oxygen atoms in total. The van der Waals surface area contributed by atoms with Crippen LogP contribution in [0.5, 0.6) is 11.5 Å². The quantitative estimate of drug-likeness (QED) is 0.492. The highest BCUT2D eigenvalue weighted by atomic mass is 16.5. The average Bonchev–Trinajstić information content (AvgIpc) is 2.81. The topological polar surface area (TPSA) is 73.2 Å². The van der Waals surface area contributed by atoms with Crippen LogP contribution in [0.3, 0.4) is 0 Å². The van der Waals surface area contributed by atoms with Crippen molar-refractivity contribution in [2.75, 3.05) is 0 Å². The highest BCUT2D eigenvalue weighted by Gasteiger charge is 2.12. The third-order valence-corrected chi connectivity index (χ3v) is 4.70. The summed E-state index contributed by atoms with van der Waals surface area (Å²) in [5.41, 5.74) is 0.808. The first-order chi connectivity index (χ1) is 15.2. The fourth-order valence-corrected chi connectivity index (χ4v) is 3.19. The van der Waals surface area contributed by atoms with E-state index in [2.05, 4.69) is 16.3 Å². The van der Waals surface area contributed by atoms with Crippen LogP contribution in [0.25, 0.3) is 10.8 Å². The van der Waals surface area contributed by atoms with Crippen molar-refractivity contribution in [3.8, 4) is 23.8 Å². The fraction of sp³-hybridized carbons (Fsp3) is 0.0800. The van der Waals surface area contributed by atoms with Gasteiger partial charge in [-0.1, -0.05) is 42.3 Å². The number of para-hydroxylation sites is 1. The third kappa shape index (κ3) is 4.46. The predicted molar refractivity (Wildman–Crippen MR) is 119 cm³/mol. The van der Waals surface area contributed by atoms with Gasteiger partial charge in [-0.05, 0) is 42.5 Å². The zero-order chi connectivity index (χ0) is 21.6. The van der Waals surface area contributed by atoms with Gasteiger partial charge in [-0.15, -0.1) is 6.42 Å². The van der Waals surface area contributed by atoms with Crippen LogP contribution in [-0.4, -0.2) is 15.7 Å². The number of nitrogens with one attached hydrogen (secondary N) is 1. The molecule has 3 aromatic carbocycles. The average molecular weight is 409 g/mol. The minimum Gasteiger partial charge on any atom is -0.457 e. The van der Waals surface area contributed by atoms with Crippen LogP contribution in [-0.2, 0) is 13.1 Å². The zero-order valence-corrected chi connectivity index (χ0v) is 16.6. The van der Waals surface area contributed by atoms with E-state index in [1.54, 1.807) is 42.5 Å². The molecule has 1 N–H and O–H groups in total. The van der Waals surface area contributed by atoms with Crippen LogP contribution in [0.1, 0.15) is 16.1 Å². The van der Waals surface area contributed by atoms with Crippen molar-refractivity contribution in [2.45, 2.75) is 13.1 Å². The summed E-state index contributed by atoms with van der Waals surface area (Å²) in [4.78, 5) is 25.1. The van der Waals surface area contributed by atoms with Gasteiger partial charge in [-0.3, -0.25) is 9.59 Å². The van der Waals surface area contributed by atoms with E-state index >= 15 is 0 Å². The Hall–Kier alpha value is -4.37. The molecule has 0 unspecified atom stereocenters. The van der Waals surface area contributed by atoms with Crippen molar-refractivity contribution in [3.05, 3.63) is 100 Å². The standard InChI is InChI=1S/C25H19N3O3/c1-2-16-28-25(30)22-11-7-6-10-21(22)23(27-28)17-26-24(29)18-12-14-20(15-13-18)31-19-8-4-3-5-9-19/h1,3-15H,16-17H2,(H,26,29). The molecular formula is C25H19N3O3. The lowest BCUT2D eigenvalue weighted by molar-refractivity contribution is 0.0950. The molecule has 0 aliphatic carbocycles. The second kappa shape index (κ2) is 8.97. The van der Waals surface area contributed by atoms with E-state index in [0.717, 1.165) is 5.75 Å². The molecule has 1 aromatic heterocycles. The summed E-state index contributed by atoms with van der Waals surface area (Å²) in [6.07, 6.45) is 5.35.